The molecule has 3 rings (SSSR count). The number of carbonyl (C=O) groups is 1. The van der Waals surface area contributed by atoms with Crippen molar-refractivity contribution in [2.45, 2.75) is 32.5 Å². The number of halogens is 1. The van der Waals surface area contributed by atoms with Gasteiger partial charge in [-0.25, -0.2) is 4.39 Å². The fourth-order valence-electron chi connectivity index (χ4n) is 3.77. The van der Waals surface area contributed by atoms with Gasteiger partial charge in [-0.05, 0) is 43.7 Å². The molecule has 2 aromatic rings. The smallest absolute Gasteiger partial charge is 0.260 e. The molecule has 30 heavy (non-hydrogen) atoms. The van der Waals surface area contributed by atoms with Crippen molar-refractivity contribution in [3.8, 4) is 17.2 Å². The minimum atomic E-state index is -0.234. The summed E-state index contributed by atoms with van der Waals surface area (Å²) in [7, 11) is 3.10. The van der Waals surface area contributed by atoms with E-state index in [0.29, 0.717) is 23.8 Å². The van der Waals surface area contributed by atoms with Crippen LogP contribution in [-0.4, -0.2) is 61.7 Å². The normalized spacial score (nSPS) is 19.4. The first-order valence-electron chi connectivity index (χ1n) is 10.0. The van der Waals surface area contributed by atoms with Crippen LogP contribution in [0.1, 0.15) is 19.4 Å². The Kier molecular flexibility index (Phi) is 7.15. The van der Waals surface area contributed by atoms with Crippen LogP contribution in [-0.2, 0) is 11.3 Å². The van der Waals surface area contributed by atoms with Crippen molar-refractivity contribution in [2.24, 2.45) is 0 Å². The van der Waals surface area contributed by atoms with Crippen molar-refractivity contribution in [1.29, 1.82) is 0 Å². The number of ether oxygens (including phenoxy) is 3. The van der Waals surface area contributed by atoms with Crippen LogP contribution in [0.2, 0.25) is 0 Å². The van der Waals surface area contributed by atoms with Crippen molar-refractivity contribution in [3.63, 3.8) is 0 Å². The molecule has 1 heterocycles. The number of rotatable bonds is 7. The van der Waals surface area contributed by atoms with Gasteiger partial charge < -0.3 is 19.1 Å². The first-order chi connectivity index (χ1) is 14.4. The highest BCUT2D eigenvalue weighted by molar-refractivity contribution is 5.78. The molecule has 1 amide bonds. The van der Waals surface area contributed by atoms with Crippen molar-refractivity contribution < 1.29 is 23.4 Å². The molecular weight excluding hydrogens is 387 g/mol. The third-order valence-corrected chi connectivity index (χ3v) is 5.46. The fraction of sp³-hybridized carbons (Fsp3) is 0.435. The SMILES string of the molecule is COc1cccc(OC)c1OCC(=O)N1C[C@H](C)N(Cc2ccc(F)cc2)C[C@H]1C. The van der Waals surface area contributed by atoms with Gasteiger partial charge in [-0.2, -0.15) is 0 Å². The third kappa shape index (κ3) is 5.02. The maximum Gasteiger partial charge on any atom is 0.260 e. The van der Waals surface area contributed by atoms with Gasteiger partial charge in [-0.3, -0.25) is 9.69 Å². The van der Waals surface area contributed by atoms with Gasteiger partial charge in [0.25, 0.3) is 5.91 Å². The van der Waals surface area contributed by atoms with Gasteiger partial charge in [0.2, 0.25) is 5.75 Å². The molecule has 6 nitrogen and oxygen atoms in total. The molecule has 1 aliphatic heterocycles. The molecule has 162 valence electrons. The van der Waals surface area contributed by atoms with Crippen molar-refractivity contribution in [1.82, 2.24) is 9.80 Å². The van der Waals surface area contributed by atoms with Crippen LogP contribution in [0.5, 0.6) is 17.2 Å². The van der Waals surface area contributed by atoms with Crippen molar-refractivity contribution >= 4 is 5.91 Å². The van der Waals surface area contributed by atoms with Gasteiger partial charge >= 0.3 is 0 Å². The van der Waals surface area contributed by atoms with Gasteiger partial charge in [-0.15, -0.1) is 0 Å². The number of benzene rings is 2. The van der Waals surface area contributed by atoms with Crippen LogP contribution in [0.25, 0.3) is 0 Å². The molecule has 0 unspecified atom stereocenters. The zero-order chi connectivity index (χ0) is 21.7. The molecule has 0 N–H and O–H groups in total. The number of piperazine rings is 1. The summed E-state index contributed by atoms with van der Waals surface area (Å²) in [4.78, 5) is 17.1. The summed E-state index contributed by atoms with van der Waals surface area (Å²) in [6.45, 7) is 6.11. The Hall–Kier alpha value is -2.80. The quantitative estimate of drug-likeness (QED) is 0.693. The highest BCUT2D eigenvalue weighted by atomic mass is 19.1. The molecule has 0 aromatic heterocycles. The summed E-state index contributed by atoms with van der Waals surface area (Å²) >= 11 is 0. The Labute approximate surface area is 177 Å². The Balaban J connectivity index is 1.61. The van der Waals surface area contributed by atoms with Crippen LogP contribution < -0.4 is 14.2 Å². The Morgan fingerprint density at radius 1 is 1.00 bits per heavy atom. The zero-order valence-corrected chi connectivity index (χ0v) is 17.9. The molecule has 0 saturated carbocycles. The number of hydrogen-bond acceptors (Lipinski definition) is 5. The number of amides is 1. The van der Waals surface area contributed by atoms with E-state index in [1.165, 1.54) is 12.1 Å². The maximum atomic E-state index is 13.1. The average molecular weight is 416 g/mol. The lowest BCUT2D eigenvalue weighted by Crippen LogP contribution is -2.58. The predicted octanol–water partition coefficient (Wildman–Crippen LogP) is 3.34. The fourth-order valence-corrected chi connectivity index (χ4v) is 3.77. The second-order valence-corrected chi connectivity index (χ2v) is 7.58. The summed E-state index contributed by atoms with van der Waals surface area (Å²) in [6.07, 6.45) is 0. The Bertz CT molecular complexity index is 837. The van der Waals surface area contributed by atoms with E-state index in [0.717, 1.165) is 18.7 Å². The third-order valence-electron chi connectivity index (χ3n) is 5.46. The average Bonchev–Trinajstić information content (AvgIpc) is 2.75. The van der Waals surface area contributed by atoms with Crippen LogP contribution in [0.4, 0.5) is 4.39 Å². The van der Waals surface area contributed by atoms with E-state index in [1.807, 2.05) is 11.8 Å². The standard InChI is InChI=1S/C23H29FN2O4/c1-16-13-26(17(2)12-25(16)14-18-8-10-19(24)11-9-18)22(27)15-30-23-20(28-3)6-5-7-21(23)29-4/h5-11,16-17H,12-15H2,1-4H3/t16-,17+/m0/s1. The maximum absolute atomic E-state index is 13.1. The molecule has 1 fully saturated rings. The molecule has 2 aromatic carbocycles. The van der Waals surface area contributed by atoms with E-state index in [1.54, 1.807) is 44.6 Å². The van der Waals surface area contributed by atoms with E-state index >= 15 is 0 Å². The minimum Gasteiger partial charge on any atom is -0.493 e. The highest BCUT2D eigenvalue weighted by Crippen LogP contribution is 2.36. The van der Waals surface area contributed by atoms with Crippen LogP contribution in [0.15, 0.2) is 42.5 Å². The van der Waals surface area contributed by atoms with E-state index < -0.39 is 0 Å². The molecule has 0 spiro atoms. The van der Waals surface area contributed by atoms with Crippen LogP contribution in [0.3, 0.4) is 0 Å². The zero-order valence-electron chi connectivity index (χ0n) is 17.9. The largest absolute Gasteiger partial charge is 0.493 e. The number of nitrogens with zero attached hydrogens (tertiary/aromatic N) is 2. The van der Waals surface area contributed by atoms with E-state index in [2.05, 4.69) is 11.8 Å². The lowest BCUT2D eigenvalue weighted by atomic mass is 10.1. The van der Waals surface area contributed by atoms with Gasteiger partial charge in [0, 0.05) is 31.7 Å². The second kappa shape index (κ2) is 9.80. The number of para-hydroxylation sites is 1. The molecular formula is C23H29FN2O4. The van der Waals surface area contributed by atoms with Crippen LogP contribution in [0, 0.1) is 5.82 Å². The molecule has 7 heteroatoms. The number of hydrogen-bond donors (Lipinski definition) is 0. The van der Waals surface area contributed by atoms with Crippen molar-refractivity contribution in [3.05, 3.63) is 53.8 Å². The summed E-state index contributed by atoms with van der Waals surface area (Å²) < 4.78 is 29.6. The topological polar surface area (TPSA) is 51.2 Å². The van der Waals surface area contributed by atoms with Crippen molar-refractivity contribution in [2.75, 3.05) is 33.9 Å². The van der Waals surface area contributed by atoms with Gasteiger partial charge in [0.05, 0.1) is 14.2 Å². The summed E-state index contributed by atoms with van der Waals surface area (Å²) in [5, 5.41) is 0. The number of methoxy groups -OCH3 is 2. The molecule has 1 saturated heterocycles. The van der Waals surface area contributed by atoms with Gasteiger partial charge in [0.15, 0.2) is 18.1 Å². The summed E-state index contributed by atoms with van der Waals surface area (Å²) in [6, 6.07) is 12.1. The summed E-state index contributed by atoms with van der Waals surface area (Å²) in [5.74, 6) is 1.15. The molecule has 1 aliphatic rings. The molecule has 0 aliphatic carbocycles. The lowest BCUT2D eigenvalue weighted by molar-refractivity contribution is -0.139. The molecule has 0 bridgehead atoms. The Morgan fingerprint density at radius 2 is 1.63 bits per heavy atom. The van der Waals surface area contributed by atoms with E-state index in [9.17, 15) is 9.18 Å². The van der Waals surface area contributed by atoms with E-state index in [4.69, 9.17) is 14.2 Å². The first kappa shape index (κ1) is 21.9. The predicted molar refractivity (Wildman–Crippen MR) is 112 cm³/mol. The Morgan fingerprint density at radius 3 is 2.23 bits per heavy atom. The molecule has 2 atom stereocenters. The van der Waals surface area contributed by atoms with Gasteiger partial charge in [-0.1, -0.05) is 18.2 Å². The van der Waals surface area contributed by atoms with E-state index in [-0.39, 0.29) is 30.4 Å². The molecule has 0 radical (unpaired) electrons. The lowest BCUT2D eigenvalue weighted by Gasteiger charge is -2.44. The summed E-state index contributed by atoms with van der Waals surface area (Å²) in [5.41, 5.74) is 1.06. The highest BCUT2D eigenvalue weighted by Gasteiger charge is 2.32. The second-order valence-electron chi connectivity index (χ2n) is 7.58. The minimum absolute atomic E-state index is 0.0392. The monoisotopic (exact) mass is 416 g/mol. The van der Waals surface area contributed by atoms with Crippen LogP contribution >= 0.6 is 0 Å². The number of carbonyl (C=O) groups excluding carboxylic acids is 1. The first-order valence-corrected chi connectivity index (χ1v) is 10.0. The van der Waals surface area contributed by atoms with Gasteiger partial charge in [0.1, 0.15) is 5.82 Å².